The zero-order valence-electron chi connectivity index (χ0n) is 10.9. The Hall–Kier alpha value is -0.130. The third kappa shape index (κ3) is 8.89. The topological polar surface area (TPSA) is 34.1 Å². The Bertz CT molecular complexity index is 305. The van der Waals surface area contributed by atoms with Crippen LogP contribution in [0.15, 0.2) is 24.3 Å². The highest BCUT2D eigenvalue weighted by molar-refractivity contribution is 8.14. The van der Waals surface area contributed by atoms with Crippen molar-refractivity contribution in [1.82, 2.24) is 0 Å². The first-order valence-electron chi connectivity index (χ1n) is 5.68. The van der Waals surface area contributed by atoms with E-state index in [2.05, 4.69) is 25.8 Å². The van der Waals surface area contributed by atoms with Crippen molar-refractivity contribution in [3.05, 3.63) is 24.3 Å². The first kappa shape index (κ1) is 17.9. The molecule has 0 atom stereocenters. The van der Waals surface area contributed by atoms with Crippen molar-refractivity contribution < 1.29 is 9.59 Å². The Kier molecular flexibility index (Phi) is 9.68. The molecule has 0 aromatic rings. The molecule has 0 spiro atoms. The molecule has 0 radical (unpaired) electrons. The third-order valence-corrected chi connectivity index (χ3v) is 4.68. The van der Waals surface area contributed by atoms with Gasteiger partial charge in [0.2, 0.25) is 10.2 Å². The Morgan fingerprint density at radius 2 is 1.33 bits per heavy atom. The van der Waals surface area contributed by atoms with Gasteiger partial charge in [-0.05, 0) is 37.8 Å². The van der Waals surface area contributed by atoms with Crippen molar-refractivity contribution in [3.8, 4) is 0 Å². The molecule has 0 bridgehead atoms. The lowest BCUT2D eigenvalue weighted by molar-refractivity contribution is -0.108. The molecule has 2 nitrogen and oxygen atoms in total. The van der Waals surface area contributed by atoms with Crippen molar-refractivity contribution in [1.29, 1.82) is 0 Å². The van der Waals surface area contributed by atoms with Crippen LogP contribution in [0.2, 0.25) is 0 Å². The molecule has 102 valence electrons. The third-order valence-electron chi connectivity index (χ3n) is 2.07. The van der Waals surface area contributed by atoms with Gasteiger partial charge in [0.15, 0.2) is 0 Å². The molecule has 0 N–H and O–H groups in total. The molecule has 0 saturated carbocycles. The Labute approximate surface area is 123 Å². The molecule has 0 saturated heterocycles. The van der Waals surface area contributed by atoms with Crippen LogP contribution in [0.25, 0.3) is 0 Å². The van der Waals surface area contributed by atoms with Gasteiger partial charge in [-0.1, -0.05) is 36.7 Å². The molecule has 0 aromatic carbocycles. The second kappa shape index (κ2) is 9.75. The van der Waals surface area contributed by atoms with Crippen molar-refractivity contribution in [3.63, 3.8) is 0 Å². The van der Waals surface area contributed by atoms with E-state index in [4.69, 9.17) is 0 Å². The lowest BCUT2D eigenvalue weighted by Crippen LogP contribution is -2.05. The van der Waals surface area contributed by atoms with Gasteiger partial charge in [-0.25, -0.2) is 0 Å². The Morgan fingerprint density at radius 3 is 1.61 bits per heavy atom. The summed E-state index contributed by atoms with van der Waals surface area (Å²) in [5.41, 5.74) is 1.16. The van der Waals surface area contributed by atoms with Gasteiger partial charge >= 0.3 is 0 Å². The average molecular weight is 305 g/mol. The summed E-state index contributed by atoms with van der Waals surface area (Å²) >= 11 is 7.01. The average Bonchev–Trinajstić information content (AvgIpc) is 2.28. The highest BCUT2D eigenvalue weighted by atomic mass is 32.2. The van der Waals surface area contributed by atoms with Crippen molar-refractivity contribution >= 4 is 46.4 Å². The zero-order valence-corrected chi connectivity index (χ0v) is 13.4. The van der Waals surface area contributed by atoms with Crippen LogP contribution < -0.4 is 0 Å². The molecule has 0 aliphatic heterocycles. The number of thioether (sulfide) groups is 2. The van der Waals surface area contributed by atoms with Gasteiger partial charge in [-0.3, -0.25) is 9.59 Å². The predicted molar refractivity (Wildman–Crippen MR) is 86.6 cm³/mol. The molecule has 0 aliphatic rings. The predicted octanol–water partition coefficient (Wildman–Crippen LogP) is 3.74. The van der Waals surface area contributed by atoms with Crippen LogP contribution in [0.4, 0.5) is 0 Å². The van der Waals surface area contributed by atoms with E-state index in [-0.39, 0.29) is 15.5 Å². The van der Waals surface area contributed by atoms with E-state index in [1.54, 1.807) is 13.8 Å². The van der Waals surface area contributed by atoms with E-state index in [0.29, 0.717) is 11.1 Å². The normalized spacial score (nSPS) is 10.4. The first-order chi connectivity index (χ1) is 8.34. The van der Waals surface area contributed by atoms with E-state index >= 15 is 0 Å². The van der Waals surface area contributed by atoms with Crippen molar-refractivity contribution in [2.24, 2.45) is 0 Å². The van der Waals surface area contributed by atoms with Crippen LogP contribution in [0.5, 0.6) is 0 Å². The van der Waals surface area contributed by atoms with E-state index < -0.39 is 0 Å². The van der Waals surface area contributed by atoms with Crippen LogP contribution in [-0.2, 0) is 9.59 Å². The minimum absolute atomic E-state index is 0.0439. The standard InChI is InChI=1S/C13H20O2S3/c1-9(2)12(14)17-7-5-11(16)6-8-18-13(15)10(3)4/h11,16H,1,3,5-8H2,2,4H3. The van der Waals surface area contributed by atoms with Gasteiger partial charge in [0, 0.05) is 16.8 Å². The molecular formula is C13H20O2S3. The monoisotopic (exact) mass is 304 g/mol. The maximum Gasteiger partial charge on any atom is 0.214 e. The molecule has 0 fully saturated rings. The van der Waals surface area contributed by atoms with Crippen LogP contribution >= 0.6 is 36.2 Å². The molecule has 5 heteroatoms. The fourth-order valence-corrected chi connectivity index (χ4v) is 3.24. The lowest BCUT2D eigenvalue weighted by atomic mass is 10.3. The number of hydrogen-bond donors (Lipinski definition) is 1. The minimum atomic E-state index is 0.0439. The SMILES string of the molecule is C=C(C)C(=O)SCCC(S)CCSC(=O)C(=C)C. The Balaban J connectivity index is 3.63. The highest BCUT2D eigenvalue weighted by Gasteiger charge is 2.09. The maximum absolute atomic E-state index is 11.3. The first-order valence-corrected chi connectivity index (χ1v) is 8.16. The summed E-state index contributed by atoms with van der Waals surface area (Å²) in [6, 6.07) is 0. The lowest BCUT2D eigenvalue weighted by Gasteiger charge is -2.09. The zero-order chi connectivity index (χ0) is 14.1. The number of carbonyl (C=O) groups excluding carboxylic acids is 2. The van der Waals surface area contributed by atoms with E-state index in [9.17, 15) is 9.59 Å². The highest BCUT2D eigenvalue weighted by Crippen LogP contribution is 2.18. The van der Waals surface area contributed by atoms with Gasteiger partial charge in [0.1, 0.15) is 0 Å². The Morgan fingerprint density at radius 1 is 1.00 bits per heavy atom. The van der Waals surface area contributed by atoms with Crippen LogP contribution in [0.1, 0.15) is 26.7 Å². The number of thiol groups is 1. The summed E-state index contributed by atoms with van der Waals surface area (Å²) in [4.78, 5) is 22.6. The summed E-state index contributed by atoms with van der Waals surface area (Å²) in [5.74, 6) is 1.50. The molecule has 0 unspecified atom stereocenters. The number of carbonyl (C=O) groups is 2. The summed E-state index contributed by atoms with van der Waals surface area (Å²) in [5, 5.41) is 0.311. The molecule has 18 heavy (non-hydrogen) atoms. The second-order valence-corrected chi connectivity index (χ2v) is 6.93. The fourth-order valence-electron chi connectivity index (χ4n) is 0.966. The second-order valence-electron chi connectivity index (χ2n) is 4.06. The molecule has 0 rings (SSSR count). The van der Waals surface area contributed by atoms with Crippen LogP contribution in [0.3, 0.4) is 0 Å². The summed E-state index contributed by atoms with van der Waals surface area (Å²) in [6.45, 7) is 10.6. The van der Waals surface area contributed by atoms with E-state index in [1.165, 1.54) is 23.5 Å². The number of rotatable bonds is 8. The maximum atomic E-state index is 11.3. The summed E-state index contributed by atoms with van der Waals surface area (Å²) in [7, 11) is 0. The van der Waals surface area contributed by atoms with Crippen LogP contribution in [0, 0.1) is 0 Å². The number of hydrogen-bond acceptors (Lipinski definition) is 5. The summed E-state index contributed by atoms with van der Waals surface area (Å²) < 4.78 is 0. The quantitative estimate of drug-likeness (QED) is 0.547. The van der Waals surface area contributed by atoms with Gasteiger partial charge in [-0.2, -0.15) is 12.6 Å². The van der Waals surface area contributed by atoms with Gasteiger partial charge in [-0.15, -0.1) is 0 Å². The van der Waals surface area contributed by atoms with Crippen LogP contribution in [-0.4, -0.2) is 27.0 Å². The fraction of sp³-hybridized carbons (Fsp3) is 0.538. The molecule has 0 aromatic heterocycles. The van der Waals surface area contributed by atoms with Gasteiger partial charge < -0.3 is 0 Å². The van der Waals surface area contributed by atoms with Gasteiger partial charge in [0.05, 0.1) is 0 Å². The van der Waals surface area contributed by atoms with Crippen molar-refractivity contribution in [2.45, 2.75) is 31.9 Å². The largest absolute Gasteiger partial charge is 0.282 e. The van der Waals surface area contributed by atoms with E-state index in [0.717, 1.165) is 24.3 Å². The molecule has 0 heterocycles. The van der Waals surface area contributed by atoms with Gasteiger partial charge in [0.25, 0.3) is 0 Å². The van der Waals surface area contributed by atoms with Crippen molar-refractivity contribution in [2.75, 3.05) is 11.5 Å². The minimum Gasteiger partial charge on any atom is -0.282 e. The summed E-state index contributed by atoms with van der Waals surface area (Å²) in [6.07, 6.45) is 1.71. The smallest absolute Gasteiger partial charge is 0.214 e. The molecule has 0 amide bonds. The molecule has 0 aliphatic carbocycles. The molecular weight excluding hydrogens is 284 g/mol. The van der Waals surface area contributed by atoms with E-state index in [1.807, 2.05) is 0 Å².